The number of carbonyl (C=O) groups is 2. The Labute approximate surface area is 460 Å². The number of unbranched alkanes of at least 4 members (excludes halogenated alkanes) is 37. The van der Waals surface area contributed by atoms with E-state index in [1.165, 1.54) is 193 Å². The first-order chi connectivity index (χ1) is 36.7. The van der Waals surface area contributed by atoms with Crippen LogP contribution in [0.15, 0.2) is 36.5 Å². The van der Waals surface area contributed by atoms with Crippen LogP contribution in [0.25, 0.3) is 0 Å². The van der Waals surface area contributed by atoms with Gasteiger partial charge in [0.15, 0.2) is 6.29 Å². The first-order valence-electron chi connectivity index (χ1n) is 31.8. The van der Waals surface area contributed by atoms with Gasteiger partial charge in [-0.1, -0.05) is 237 Å². The maximum absolute atomic E-state index is 13.0. The van der Waals surface area contributed by atoms with E-state index in [0.717, 1.165) is 77.0 Å². The Hall–Kier alpha value is -2.12. The van der Waals surface area contributed by atoms with Crippen LogP contribution in [0.5, 0.6) is 0 Å². The molecule has 7 unspecified atom stereocenters. The second kappa shape index (κ2) is 53.9. The van der Waals surface area contributed by atoms with Crippen molar-refractivity contribution in [2.24, 2.45) is 0 Å². The Bertz CT molecular complexity index is 1340. The van der Waals surface area contributed by atoms with Crippen LogP contribution >= 0.6 is 0 Å². The highest BCUT2D eigenvalue weighted by molar-refractivity contribution is 5.76. The van der Waals surface area contributed by atoms with Crippen molar-refractivity contribution in [2.75, 3.05) is 19.8 Å². The molecule has 11 nitrogen and oxygen atoms in total. The number of aliphatic hydroxyl groups excluding tert-OH is 5. The van der Waals surface area contributed by atoms with Crippen LogP contribution in [0.2, 0.25) is 0 Å². The van der Waals surface area contributed by atoms with Gasteiger partial charge in [-0.15, -0.1) is 0 Å². The molecule has 0 radical (unpaired) electrons. The van der Waals surface area contributed by atoms with E-state index in [0.29, 0.717) is 19.4 Å². The highest BCUT2D eigenvalue weighted by Crippen LogP contribution is 2.23. The second-order valence-electron chi connectivity index (χ2n) is 22.1. The van der Waals surface area contributed by atoms with Crippen molar-refractivity contribution in [3.05, 3.63) is 36.5 Å². The topological polar surface area (TPSA) is 175 Å². The molecule has 0 aliphatic carbocycles. The predicted octanol–water partition coefficient (Wildman–Crippen LogP) is 15.1. The van der Waals surface area contributed by atoms with Gasteiger partial charge in [0.1, 0.15) is 24.4 Å². The molecule has 1 heterocycles. The summed E-state index contributed by atoms with van der Waals surface area (Å²) in [5.74, 6) is -0.198. The Kier molecular flexibility index (Phi) is 50.9. The lowest BCUT2D eigenvalue weighted by Crippen LogP contribution is -2.60. The van der Waals surface area contributed by atoms with Crippen LogP contribution in [-0.4, -0.2) is 100 Å². The van der Waals surface area contributed by atoms with Crippen LogP contribution in [-0.2, 0) is 23.8 Å². The quantitative estimate of drug-likeness (QED) is 0.0195. The van der Waals surface area contributed by atoms with Crippen LogP contribution in [0, 0.1) is 0 Å². The number of hydrogen-bond acceptors (Lipinski definition) is 10. The third kappa shape index (κ3) is 43.4. The molecule has 1 rings (SSSR count). The number of rotatable bonds is 55. The van der Waals surface area contributed by atoms with Gasteiger partial charge in [0.2, 0.25) is 5.91 Å². The summed E-state index contributed by atoms with van der Waals surface area (Å²) in [4.78, 5) is 25.1. The molecule has 0 bridgehead atoms. The Morgan fingerprint density at radius 2 is 0.853 bits per heavy atom. The summed E-state index contributed by atoms with van der Waals surface area (Å²) in [6.45, 7) is 4.31. The lowest BCUT2D eigenvalue weighted by Gasteiger charge is -2.40. The summed E-state index contributed by atoms with van der Waals surface area (Å²) in [7, 11) is 0. The smallest absolute Gasteiger partial charge is 0.305 e. The third-order valence-corrected chi connectivity index (χ3v) is 15.0. The molecule has 7 atom stereocenters. The third-order valence-electron chi connectivity index (χ3n) is 15.0. The van der Waals surface area contributed by atoms with Crippen molar-refractivity contribution in [1.29, 1.82) is 0 Å². The lowest BCUT2D eigenvalue weighted by atomic mass is 9.99. The van der Waals surface area contributed by atoms with Gasteiger partial charge in [-0.3, -0.25) is 9.59 Å². The highest BCUT2D eigenvalue weighted by Gasteiger charge is 2.44. The van der Waals surface area contributed by atoms with Crippen molar-refractivity contribution in [3.8, 4) is 0 Å². The predicted molar refractivity (Wildman–Crippen MR) is 311 cm³/mol. The van der Waals surface area contributed by atoms with Gasteiger partial charge in [-0.2, -0.15) is 0 Å². The van der Waals surface area contributed by atoms with Gasteiger partial charge in [0.25, 0.3) is 0 Å². The highest BCUT2D eigenvalue weighted by atomic mass is 16.7. The lowest BCUT2D eigenvalue weighted by molar-refractivity contribution is -0.302. The van der Waals surface area contributed by atoms with Gasteiger partial charge in [0.05, 0.1) is 32.0 Å². The van der Waals surface area contributed by atoms with E-state index >= 15 is 0 Å². The summed E-state index contributed by atoms with van der Waals surface area (Å²) in [6.07, 6.45) is 56.9. The molecule has 1 fully saturated rings. The standard InChI is InChI=1S/C64H119NO10/c1-3-5-7-9-11-13-14-15-25-29-32-36-40-44-48-52-60(69)73-53-49-45-41-37-33-30-27-24-22-20-18-16-17-19-21-23-26-28-31-35-39-43-47-51-59(68)65-56(57(67)50-46-42-38-34-12-10-8-6-4-2)55-74-64-63(72)62(71)61(70)58(54-66)75-64/h15,19,21,25,46,50,56-58,61-64,66-67,70-72H,3-14,16-18,20,22-24,26-45,47-49,51-55H2,1-2H3,(H,65,68)/b21-19-,25-15-,50-46+. The molecule has 0 aromatic rings. The van der Waals surface area contributed by atoms with Gasteiger partial charge in [-0.25, -0.2) is 0 Å². The molecule has 1 amide bonds. The number of aliphatic hydroxyl groups is 5. The minimum atomic E-state index is -1.57. The molecule has 0 aromatic heterocycles. The van der Waals surface area contributed by atoms with Crippen LogP contribution in [0.4, 0.5) is 0 Å². The molecule has 0 aromatic carbocycles. The summed E-state index contributed by atoms with van der Waals surface area (Å²) in [5, 5.41) is 54.2. The van der Waals surface area contributed by atoms with E-state index in [-0.39, 0.29) is 18.5 Å². The maximum atomic E-state index is 13.0. The molecule has 1 aliphatic rings. The van der Waals surface area contributed by atoms with Crippen LogP contribution < -0.4 is 5.32 Å². The summed E-state index contributed by atoms with van der Waals surface area (Å²) < 4.78 is 16.7. The van der Waals surface area contributed by atoms with Crippen LogP contribution in [0.3, 0.4) is 0 Å². The van der Waals surface area contributed by atoms with Gasteiger partial charge in [0, 0.05) is 12.8 Å². The number of amides is 1. The van der Waals surface area contributed by atoms with Crippen molar-refractivity contribution >= 4 is 11.9 Å². The molecular formula is C64H119NO10. The molecule has 75 heavy (non-hydrogen) atoms. The number of nitrogens with one attached hydrogen (secondary N) is 1. The van der Waals surface area contributed by atoms with E-state index < -0.39 is 49.5 Å². The number of carbonyl (C=O) groups excluding carboxylic acids is 2. The molecule has 1 saturated heterocycles. The zero-order chi connectivity index (χ0) is 54.5. The minimum absolute atomic E-state index is 0.00834. The summed E-state index contributed by atoms with van der Waals surface area (Å²) in [6, 6.07) is -0.813. The van der Waals surface area contributed by atoms with E-state index in [1.807, 2.05) is 6.08 Å². The van der Waals surface area contributed by atoms with Gasteiger partial charge in [-0.05, 0) is 83.5 Å². The molecule has 0 spiro atoms. The van der Waals surface area contributed by atoms with Crippen molar-refractivity contribution < 1.29 is 49.3 Å². The fourth-order valence-electron chi connectivity index (χ4n) is 9.89. The molecule has 1 aliphatic heterocycles. The zero-order valence-electron chi connectivity index (χ0n) is 48.5. The summed E-state index contributed by atoms with van der Waals surface area (Å²) in [5.41, 5.74) is 0. The summed E-state index contributed by atoms with van der Waals surface area (Å²) >= 11 is 0. The molecular weight excluding hydrogens is 943 g/mol. The van der Waals surface area contributed by atoms with E-state index in [4.69, 9.17) is 14.2 Å². The average molecular weight is 1060 g/mol. The Morgan fingerprint density at radius 3 is 1.28 bits per heavy atom. The SMILES string of the molecule is CCCCCCCC/C=C\CCCCCCCC(=O)OCCCCCCCCCCCCCC/C=C\CCCCCCCCCC(=O)NC(COC1OC(CO)C(O)C(O)C1O)C(O)/C=C/CCCCCCCCC. The normalized spacial score (nSPS) is 18.9. The van der Waals surface area contributed by atoms with Crippen molar-refractivity contribution in [2.45, 2.75) is 339 Å². The number of hydrogen-bond donors (Lipinski definition) is 6. The van der Waals surface area contributed by atoms with Crippen molar-refractivity contribution in [1.82, 2.24) is 5.32 Å². The molecule has 11 heteroatoms. The van der Waals surface area contributed by atoms with Crippen molar-refractivity contribution in [3.63, 3.8) is 0 Å². The Balaban J connectivity index is 1.98. The van der Waals surface area contributed by atoms with E-state index in [1.54, 1.807) is 6.08 Å². The fourth-order valence-corrected chi connectivity index (χ4v) is 9.89. The van der Waals surface area contributed by atoms with Gasteiger partial charge >= 0.3 is 5.97 Å². The number of allylic oxidation sites excluding steroid dienone is 5. The Morgan fingerprint density at radius 1 is 0.480 bits per heavy atom. The molecule has 0 saturated carbocycles. The molecule has 440 valence electrons. The first-order valence-corrected chi connectivity index (χ1v) is 31.8. The van der Waals surface area contributed by atoms with E-state index in [2.05, 4.69) is 43.5 Å². The second-order valence-corrected chi connectivity index (χ2v) is 22.1. The first kappa shape index (κ1) is 70.9. The monoisotopic (exact) mass is 1060 g/mol. The number of ether oxygens (including phenoxy) is 3. The average Bonchev–Trinajstić information content (AvgIpc) is 3.41. The van der Waals surface area contributed by atoms with Crippen LogP contribution in [0.1, 0.15) is 296 Å². The fraction of sp³-hybridized carbons (Fsp3) is 0.875. The molecule has 6 N–H and O–H groups in total. The number of esters is 1. The maximum Gasteiger partial charge on any atom is 0.305 e. The largest absolute Gasteiger partial charge is 0.466 e. The van der Waals surface area contributed by atoms with Gasteiger partial charge < -0.3 is 45.1 Å². The minimum Gasteiger partial charge on any atom is -0.466 e. The van der Waals surface area contributed by atoms with E-state index in [9.17, 15) is 35.1 Å². The zero-order valence-corrected chi connectivity index (χ0v) is 48.5.